The zero-order valence-electron chi connectivity index (χ0n) is 22.8. The van der Waals surface area contributed by atoms with E-state index in [1.807, 2.05) is 54.3 Å². The van der Waals surface area contributed by atoms with Crippen LogP contribution in [-0.4, -0.2) is 68.2 Å². The molecular formula is C31H34N6O2S. The Hall–Kier alpha value is -3.69. The highest BCUT2D eigenvalue weighted by Gasteiger charge is 2.28. The van der Waals surface area contributed by atoms with Crippen molar-refractivity contribution >= 4 is 40.1 Å². The van der Waals surface area contributed by atoms with Crippen LogP contribution in [0.5, 0.6) is 0 Å². The molecule has 4 aromatic rings. The third-order valence-electron chi connectivity index (χ3n) is 8.03. The SMILES string of the molecule is Cc1nsc(Cc2cnc3ccccc3n2)c1C(=O)Nc1cccc(C(=O)N2CCC(N3CCCCC3)CC2)c1. The summed E-state index contributed by atoms with van der Waals surface area (Å²) >= 11 is 1.31. The van der Waals surface area contributed by atoms with E-state index in [0.29, 0.717) is 35.0 Å². The smallest absolute Gasteiger partial charge is 0.258 e. The number of amides is 2. The van der Waals surface area contributed by atoms with E-state index in [1.165, 1.54) is 43.9 Å². The molecule has 206 valence electrons. The second-order valence-electron chi connectivity index (χ2n) is 10.7. The number of hydrogen-bond acceptors (Lipinski definition) is 7. The number of aryl methyl sites for hydroxylation is 1. The number of hydrogen-bond donors (Lipinski definition) is 1. The fourth-order valence-corrected chi connectivity index (χ4v) is 6.78. The largest absolute Gasteiger partial charge is 0.339 e. The quantitative estimate of drug-likeness (QED) is 0.347. The third kappa shape index (κ3) is 5.76. The number of piperidine rings is 2. The van der Waals surface area contributed by atoms with Crippen LogP contribution >= 0.6 is 11.5 Å². The summed E-state index contributed by atoms with van der Waals surface area (Å²) < 4.78 is 4.45. The second-order valence-corrected chi connectivity index (χ2v) is 11.6. The summed E-state index contributed by atoms with van der Waals surface area (Å²) in [6.07, 6.45) is 8.19. The van der Waals surface area contributed by atoms with Gasteiger partial charge >= 0.3 is 0 Å². The lowest BCUT2D eigenvalue weighted by atomic mass is 9.99. The Kier molecular flexibility index (Phi) is 7.84. The molecule has 2 aromatic heterocycles. The van der Waals surface area contributed by atoms with Crippen molar-refractivity contribution in [3.05, 3.63) is 82.1 Å². The van der Waals surface area contributed by atoms with Crippen molar-refractivity contribution in [2.24, 2.45) is 0 Å². The van der Waals surface area contributed by atoms with Crippen molar-refractivity contribution < 1.29 is 9.59 Å². The van der Waals surface area contributed by atoms with E-state index >= 15 is 0 Å². The van der Waals surface area contributed by atoms with Crippen molar-refractivity contribution in [2.45, 2.75) is 51.5 Å². The molecule has 0 spiro atoms. The molecule has 0 radical (unpaired) electrons. The maximum Gasteiger partial charge on any atom is 0.258 e. The monoisotopic (exact) mass is 554 g/mol. The summed E-state index contributed by atoms with van der Waals surface area (Å²) in [7, 11) is 0. The molecule has 4 heterocycles. The molecule has 2 fully saturated rings. The molecule has 2 saturated heterocycles. The molecular weight excluding hydrogens is 520 g/mol. The maximum atomic E-state index is 13.4. The van der Waals surface area contributed by atoms with Gasteiger partial charge in [0.05, 0.1) is 28.0 Å². The molecule has 0 unspecified atom stereocenters. The summed E-state index contributed by atoms with van der Waals surface area (Å²) in [5.74, 6) is -0.209. The van der Waals surface area contributed by atoms with Crippen LogP contribution in [0.25, 0.3) is 11.0 Å². The van der Waals surface area contributed by atoms with E-state index < -0.39 is 0 Å². The highest BCUT2D eigenvalue weighted by molar-refractivity contribution is 7.06. The lowest BCUT2D eigenvalue weighted by molar-refractivity contribution is 0.0590. The van der Waals surface area contributed by atoms with Crippen LogP contribution in [0, 0.1) is 6.92 Å². The predicted octanol–water partition coefficient (Wildman–Crippen LogP) is 5.33. The van der Waals surface area contributed by atoms with E-state index in [-0.39, 0.29) is 11.8 Å². The number of carbonyl (C=O) groups excluding carboxylic acids is 2. The first-order chi connectivity index (χ1) is 19.5. The summed E-state index contributed by atoms with van der Waals surface area (Å²) in [6, 6.07) is 15.6. The van der Waals surface area contributed by atoms with Gasteiger partial charge in [-0.25, -0.2) is 4.98 Å². The van der Waals surface area contributed by atoms with Crippen LogP contribution in [0.3, 0.4) is 0 Å². The Morgan fingerprint density at radius 3 is 2.55 bits per heavy atom. The topological polar surface area (TPSA) is 91.3 Å². The number of carbonyl (C=O) groups is 2. The standard InChI is InChI=1S/C31H34N6O2S/c1-21-29(28(40-35-21)19-24-20-32-26-10-3-4-11-27(26)33-24)30(38)34-23-9-7-8-22(18-23)31(39)37-16-12-25(13-17-37)36-14-5-2-6-15-36/h3-4,7-11,18,20,25H,2,5-6,12-17,19H2,1H3,(H,34,38). The fourth-order valence-electron chi connectivity index (χ4n) is 5.90. The van der Waals surface area contributed by atoms with Gasteiger partial charge in [-0.05, 0) is 87.6 Å². The number of aromatic nitrogens is 3. The average Bonchev–Trinajstić information content (AvgIpc) is 3.37. The van der Waals surface area contributed by atoms with E-state index in [2.05, 4.69) is 19.6 Å². The Balaban J connectivity index is 1.11. The van der Waals surface area contributed by atoms with Gasteiger partial charge in [0.25, 0.3) is 11.8 Å². The lowest BCUT2D eigenvalue weighted by Crippen LogP contribution is -2.48. The highest BCUT2D eigenvalue weighted by Crippen LogP contribution is 2.25. The first-order valence-corrected chi connectivity index (χ1v) is 14.9. The van der Waals surface area contributed by atoms with Crippen molar-refractivity contribution in [2.75, 3.05) is 31.5 Å². The van der Waals surface area contributed by atoms with Crippen LogP contribution in [0.2, 0.25) is 0 Å². The molecule has 6 rings (SSSR count). The normalized spacial score (nSPS) is 16.8. The van der Waals surface area contributed by atoms with Gasteiger partial charge in [0.1, 0.15) is 0 Å². The highest BCUT2D eigenvalue weighted by atomic mass is 32.1. The van der Waals surface area contributed by atoms with E-state index in [1.54, 1.807) is 12.3 Å². The Morgan fingerprint density at radius 1 is 0.975 bits per heavy atom. The molecule has 1 N–H and O–H groups in total. The average molecular weight is 555 g/mol. The van der Waals surface area contributed by atoms with Gasteiger partial charge in [0.2, 0.25) is 0 Å². The van der Waals surface area contributed by atoms with Crippen molar-refractivity contribution in [1.82, 2.24) is 24.1 Å². The molecule has 2 aliphatic rings. The number of fused-ring (bicyclic) bond motifs is 1. The molecule has 0 aliphatic carbocycles. The number of nitrogens with zero attached hydrogens (tertiary/aromatic N) is 5. The third-order valence-corrected chi connectivity index (χ3v) is 8.96. The van der Waals surface area contributed by atoms with Gasteiger partial charge in [0, 0.05) is 47.9 Å². The van der Waals surface area contributed by atoms with Gasteiger partial charge < -0.3 is 15.1 Å². The molecule has 2 aliphatic heterocycles. The van der Waals surface area contributed by atoms with Gasteiger partial charge in [-0.15, -0.1) is 0 Å². The van der Waals surface area contributed by atoms with Gasteiger partial charge in [-0.2, -0.15) is 4.37 Å². The van der Waals surface area contributed by atoms with Crippen LogP contribution in [0.1, 0.15) is 69.1 Å². The van der Waals surface area contributed by atoms with E-state index in [0.717, 1.165) is 47.5 Å². The maximum absolute atomic E-state index is 13.4. The first kappa shape index (κ1) is 26.5. The summed E-state index contributed by atoms with van der Waals surface area (Å²) in [6.45, 7) is 5.77. The summed E-state index contributed by atoms with van der Waals surface area (Å²) in [5.41, 5.74) is 4.87. The summed E-state index contributed by atoms with van der Waals surface area (Å²) in [5, 5.41) is 3.00. The van der Waals surface area contributed by atoms with Gasteiger partial charge in [-0.1, -0.05) is 24.6 Å². The number of rotatable bonds is 6. The van der Waals surface area contributed by atoms with Crippen LogP contribution in [0.4, 0.5) is 5.69 Å². The second kappa shape index (κ2) is 11.8. The molecule has 9 heteroatoms. The fraction of sp³-hybridized carbons (Fsp3) is 0.387. The van der Waals surface area contributed by atoms with E-state index in [9.17, 15) is 9.59 Å². The number of likely N-dealkylation sites (tertiary alicyclic amines) is 2. The number of benzene rings is 2. The van der Waals surface area contributed by atoms with Crippen molar-refractivity contribution in [1.29, 1.82) is 0 Å². The minimum Gasteiger partial charge on any atom is -0.339 e. The van der Waals surface area contributed by atoms with E-state index in [4.69, 9.17) is 4.98 Å². The van der Waals surface area contributed by atoms with Crippen molar-refractivity contribution in [3.63, 3.8) is 0 Å². The minimum absolute atomic E-state index is 0.0251. The number of nitrogens with one attached hydrogen (secondary N) is 1. The molecule has 0 saturated carbocycles. The summed E-state index contributed by atoms with van der Waals surface area (Å²) in [4.78, 5) is 41.4. The minimum atomic E-state index is -0.234. The zero-order chi connectivity index (χ0) is 27.5. The first-order valence-electron chi connectivity index (χ1n) is 14.2. The Morgan fingerprint density at radius 2 is 1.75 bits per heavy atom. The Labute approximate surface area is 238 Å². The van der Waals surface area contributed by atoms with Crippen LogP contribution in [-0.2, 0) is 6.42 Å². The molecule has 2 aromatic carbocycles. The zero-order valence-corrected chi connectivity index (χ0v) is 23.6. The van der Waals surface area contributed by atoms with Crippen LogP contribution < -0.4 is 5.32 Å². The van der Waals surface area contributed by atoms with Crippen molar-refractivity contribution in [3.8, 4) is 0 Å². The van der Waals surface area contributed by atoms with Gasteiger partial charge in [-0.3, -0.25) is 14.6 Å². The lowest BCUT2D eigenvalue weighted by Gasteiger charge is -2.40. The van der Waals surface area contributed by atoms with Gasteiger partial charge in [0.15, 0.2) is 0 Å². The molecule has 8 nitrogen and oxygen atoms in total. The molecule has 40 heavy (non-hydrogen) atoms. The Bertz CT molecular complexity index is 1520. The molecule has 0 bridgehead atoms. The van der Waals surface area contributed by atoms with Crippen LogP contribution in [0.15, 0.2) is 54.7 Å². The number of para-hydroxylation sites is 2. The number of anilines is 1. The predicted molar refractivity (Wildman–Crippen MR) is 158 cm³/mol. The molecule has 0 atom stereocenters. The molecule has 2 amide bonds.